The molecule has 0 bridgehead atoms. The minimum atomic E-state index is 0.312. The minimum absolute atomic E-state index is 0.312. The van der Waals surface area contributed by atoms with Gasteiger partial charge >= 0.3 is 0 Å². The third-order valence-electron chi connectivity index (χ3n) is 5.42. The van der Waals surface area contributed by atoms with E-state index in [-0.39, 0.29) is 0 Å². The first-order valence-corrected chi connectivity index (χ1v) is 7.99. The normalized spacial score (nSPS) is 30.3. The number of hydrogen-bond donors (Lipinski definition) is 0. The summed E-state index contributed by atoms with van der Waals surface area (Å²) in [5.41, 5.74) is 0. The van der Waals surface area contributed by atoms with Crippen LogP contribution in [0.15, 0.2) is 0 Å². The number of carbonyl (C=O) groups excluding carboxylic acids is 1. The van der Waals surface area contributed by atoms with E-state index in [4.69, 9.17) is 0 Å². The van der Waals surface area contributed by atoms with Crippen LogP contribution in [0.2, 0.25) is 0 Å². The van der Waals surface area contributed by atoms with Crippen LogP contribution in [0.1, 0.15) is 46.0 Å². The molecule has 1 heterocycles. The van der Waals surface area contributed by atoms with Crippen LogP contribution in [0, 0.1) is 17.8 Å². The molecule has 0 aromatic carbocycles. The summed E-state index contributed by atoms with van der Waals surface area (Å²) in [7, 11) is 4.21. The van der Waals surface area contributed by atoms with Gasteiger partial charge in [-0.25, -0.2) is 0 Å². The fourth-order valence-electron chi connectivity index (χ4n) is 3.65. The molecule has 0 aromatic heterocycles. The minimum Gasteiger partial charge on any atom is -0.339 e. The summed E-state index contributed by atoms with van der Waals surface area (Å²) in [6.45, 7) is 6.46. The van der Waals surface area contributed by atoms with Crippen molar-refractivity contribution in [2.75, 3.05) is 27.2 Å². The lowest BCUT2D eigenvalue weighted by Crippen LogP contribution is -2.61. The van der Waals surface area contributed by atoms with E-state index in [1.165, 1.54) is 25.7 Å². The summed E-state index contributed by atoms with van der Waals surface area (Å²) in [5, 5.41) is 0. The molecule has 1 aliphatic heterocycles. The summed E-state index contributed by atoms with van der Waals surface area (Å²) in [6, 6.07) is 0.578. The Bertz CT molecular complexity index is 310. The second kappa shape index (κ2) is 6.25. The highest BCUT2D eigenvalue weighted by atomic mass is 16.2. The van der Waals surface area contributed by atoms with Gasteiger partial charge in [0.15, 0.2) is 0 Å². The van der Waals surface area contributed by atoms with Crippen molar-refractivity contribution in [3.05, 3.63) is 0 Å². The van der Waals surface area contributed by atoms with E-state index < -0.39 is 0 Å². The Hall–Kier alpha value is -0.570. The molecule has 0 aromatic rings. The second-order valence-electron chi connectivity index (χ2n) is 6.80. The Kier molecular flexibility index (Phi) is 4.88. The fraction of sp³-hybridized carbons (Fsp3) is 0.938. The Morgan fingerprint density at radius 1 is 1.26 bits per heavy atom. The molecule has 3 atom stereocenters. The largest absolute Gasteiger partial charge is 0.339 e. The molecule has 1 saturated heterocycles. The molecular weight excluding hydrogens is 236 g/mol. The zero-order valence-corrected chi connectivity index (χ0v) is 13.1. The highest BCUT2D eigenvalue weighted by molar-refractivity contribution is 5.80. The lowest BCUT2D eigenvalue weighted by Gasteiger charge is -2.46. The molecule has 3 heteroatoms. The SMILES string of the molecule is CCC(C)C1CCCCC1C(=O)N1CC(N(C)C)C1. The molecule has 0 spiro atoms. The predicted molar refractivity (Wildman–Crippen MR) is 79.0 cm³/mol. The molecule has 2 fully saturated rings. The smallest absolute Gasteiger partial charge is 0.226 e. The number of rotatable bonds is 4. The molecule has 1 aliphatic carbocycles. The predicted octanol–water partition coefficient (Wildman–Crippen LogP) is 2.61. The van der Waals surface area contributed by atoms with E-state index in [9.17, 15) is 4.79 Å². The van der Waals surface area contributed by atoms with Crippen molar-refractivity contribution in [3.63, 3.8) is 0 Å². The van der Waals surface area contributed by atoms with Gasteiger partial charge in [-0.15, -0.1) is 0 Å². The Balaban J connectivity index is 1.93. The summed E-state index contributed by atoms with van der Waals surface area (Å²) in [4.78, 5) is 17.0. The average molecular weight is 266 g/mol. The van der Waals surface area contributed by atoms with Crippen molar-refractivity contribution in [1.29, 1.82) is 0 Å². The van der Waals surface area contributed by atoms with Crippen molar-refractivity contribution in [2.24, 2.45) is 17.8 Å². The maximum atomic E-state index is 12.7. The lowest BCUT2D eigenvalue weighted by molar-refractivity contribution is -0.146. The molecule has 0 N–H and O–H groups in total. The maximum absolute atomic E-state index is 12.7. The third kappa shape index (κ3) is 3.13. The number of likely N-dealkylation sites (tertiary alicyclic amines) is 1. The summed E-state index contributed by atoms with van der Waals surface area (Å²) in [6.07, 6.45) is 6.15. The van der Waals surface area contributed by atoms with Crippen molar-refractivity contribution in [1.82, 2.24) is 9.80 Å². The van der Waals surface area contributed by atoms with E-state index in [0.717, 1.165) is 19.5 Å². The Morgan fingerprint density at radius 3 is 2.47 bits per heavy atom. The maximum Gasteiger partial charge on any atom is 0.226 e. The van der Waals surface area contributed by atoms with E-state index >= 15 is 0 Å². The first-order valence-electron chi connectivity index (χ1n) is 7.99. The quantitative estimate of drug-likeness (QED) is 0.781. The van der Waals surface area contributed by atoms with Crippen LogP contribution in [-0.4, -0.2) is 48.9 Å². The zero-order valence-electron chi connectivity index (χ0n) is 13.1. The van der Waals surface area contributed by atoms with Crippen LogP contribution in [-0.2, 0) is 4.79 Å². The van der Waals surface area contributed by atoms with Gasteiger partial charge in [-0.1, -0.05) is 33.1 Å². The number of likely N-dealkylation sites (N-methyl/N-ethyl adjacent to an activating group) is 1. The van der Waals surface area contributed by atoms with Gasteiger partial charge in [0.05, 0.1) is 0 Å². The number of nitrogens with zero attached hydrogens (tertiary/aromatic N) is 2. The summed E-state index contributed by atoms with van der Waals surface area (Å²) < 4.78 is 0. The first kappa shape index (κ1) is 14.8. The highest BCUT2D eigenvalue weighted by Crippen LogP contribution is 2.38. The van der Waals surface area contributed by atoms with Crippen LogP contribution in [0.25, 0.3) is 0 Å². The molecule has 1 amide bonds. The molecular formula is C16H30N2O. The standard InChI is InChI=1S/C16H30N2O/c1-5-12(2)14-8-6-7-9-15(14)16(19)18-10-13(11-18)17(3)4/h12-15H,5-11H2,1-4H3. The summed E-state index contributed by atoms with van der Waals surface area (Å²) in [5.74, 6) is 2.08. The summed E-state index contributed by atoms with van der Waals surface area (Å²) >= 11 is 0. The number of amides is 1. The number of carbonyl (C=O) groups is 1. The van der Waals surface area contributed by atoms with Crippen molar-refractivity contribution >= 4 is 5.91 Å². The van der Waals surface area contributed by atoms with Gasteiger partial charge in [-0.05, 0) is 38.8 Å². The van der Waals surface area contributed by atoms with Crippen molar-refractivity contribution in [3.8, 4) is 0 Å². The van der Waals surface area contributed by atoms with Gasteiger partial charge < -0.3 is 9.80 Å². The van der Waals surface area contributed by atoms with Gasteiger partial charge in [0.1, 0.15) is 0 Å². The van der Waals surface area contributed by atoms with E-state index in [0.29, 0.717) is 29.7 Å². The Morgan fingerprint density at radius 2 is 1.89 bits per heavy atom. The first-order chi connectivity index (χ1) is 9.04. The van der Waals surface area contributed by atoms with E-state index in [1.54, 1.807) is 0 Å². The van der Waals surface area contributed by atoms with Gasteiger partial charge in [0.2, 0.25) is 5.91 Å². The van der Waals surface area contributed by atoms with Gasteiger partial charge in [0.25, 0.3) is 0 Å². The number of hydrogen-bond acceptors (Lipinski definition) is 2. The van der Waals surface area contributed by atoms with Crippen LogP contribution in [0.3, 0.4) is 0 Å². The molecule has 3 unspecified atom stereocenters. The molecule has 1 saturated carbocycles. The van der Waals surface area contributed by atoms with Crippen LogP contribution >= 0.6 is 0 Å². The molecule has 2 rings (SSSR count). The third-order valence-corrected chi connectivity index (χ3v) is 5.42. The monoisotopic (exact) mass is 266 g/mol. The Labute approximate surface area is 118 Å². The lowest BCUT2D eigenvalue weighted by atomic mass is 9.71. The van der Waals surface area contributed by atoms with E-state index in [1.807, 2.05) is 0 Å². The van der Waals surface area contributed by atoms with Gasteiger partial charge in [0, 0.05) is 25.0 Å². The zero-order chi connectivity index (χ0) is 14.0. The van der Waals surface area contributed by atoms with Gasteiger partial charge in [-0.3, -0.25) is 4.79 Å². The molecule has 110 valence electrons. The van der Waals surface area contributed by atoms with Crippen LogP contribution in [0.4, 0.5) is 0 Å². The van der Waals surface area contributed by atoms with Crippen molar-refractivity contribution < 1.29 is 4.79 Å². The van der Waals surface area contributed by atoms with E-state index in [2.05, 4.69) is 37.7 Å². The molecule has 2 aliphatic rings. The molecule has 3 nitrogen and oxygen atoms in total. The van der Waals surface area contributed by atoms with Crippen molar-refractivity contribution in [2.45, 2.75) is 52.0 Å². The topological polar surface area (TPSA) is 23.6 Å². The van der Waals surface area contributed by atoms with Crippen LogP contribution in [0.5, 0.6) is 0 Å². The molecule has 0 radical (unpaired) electrons. The second-order valence-corrected chi connectivity index (χ2v) is 6.80. The van der Waals surface area contributed by atoms with Crippen LogP contribution < -0.4 is 0 Å². The van der Waals surface area contributed by atoms with Gasteiger partial charge in [-0.2, -0.15) is 0 Å². The highest BCUT2D eigenvalue weighted by Gasteiger charge is 2.40. The molecule has 19 heavy (non-hydrogen) atoms. The fourth-order valence-corrected chi connectivity index (χ4v) is 3.65. The average Bonchev–Trinajstić information content (AvgIpc) is 2.35.